The Balaban J connectivity index is 3.69. The minimum absolute atomic E-state index is 0.335. The van der Waals surface area contributed by atoms with Gasteiger partial charge in [0.1, 0.15) is 4.49 Å². The molecule has 0 aliphatic rings. The Bertz CT molecular complexity index is 146. The van der Waals surface area contributed by atoms with Crippen LogP contribution in [0.2, 0.25) is 0 Å². The van der Waals surface area contributed by atoms with E-state index in [0.717, 1.165) is 11.8 Å². The van der Waals surface area contributed by atoms with Crippen LogP contribution in [0, 0.1) is 0 Å². The topological polar surface area (TPSA) is 0 Å². The zero-order valence-electron chi connectivity index (χ0n) is 5.70. The predicted molar refractivity (Wildman–Crippen MR) is 52.0 cm³/mol. The normalized spacial score (nSPS) is 11.4. The van der Waals surface area contributed by atoms with Crippen molar-refractivity contribution in [2.75, 3.05) is 5.33 Å². The Morgan fingerprint density at radius 2 is 2.00 bits per heavy atom. The van der Waals surface area contributed by atoms with Gasteiger partial charge >= 0.3 is 0 Å². The zero-order chi connectivity index (χ0) is 7.98. The van der Waals surface area contributed by atoms with Gasteiger partial charge in [-0.05, 0) is 13.3 Å². The molecule has 58 valence electrons. The standard InChI is InChI=1S/C7H9BrCl2/c1-6(4-5-8)2-3-7(9)10/h3-4H,2,5H2,1H3. The molecule has 0 atom stereocenters. The van der Waals surface area contributed by atoms with Crippen molar-refractivity contribution >= 4 is 39.1 Å². The van der Waals surface area contributed by atoms with Gasteiger partial charge in [-0.1, -0.05) is 56.9 Å². The lowest BCUT2D eigenvalue weighted by atomic mass is 10.2. The fourth-order valence-corrected chi connectivity index (χ4v) is 1.16. The van der Waals surface area contributed by atoms with E-state index in [4.69, 9.17) is 23.2 Å². The molecule has 0 unspecified atom stereocenters. The van der Waals surface area contributed by atoms with Crippen LogP contribution in [-0.2, 0) is 0 Å². The quantitative estimate of drug-likeness (QED) is 0.519. The van der Waals surface area contributed by atoms with Crippen LogP contribution < -0.4 is 0 Å². The molecular weight excluding hydrogens is 235 g/mol. The van der Waals surface area contributed by atoms with Crippen LogP contribution in [0.3, 0.4) is 0 Å². The van der Waals surface area contributed by atoms with E-state index in [-0.39, 0.29) is 0 Å². The molecule has 0 amide bonds. The molecule has 0 saturated carbocycles. The summed E-state index contributed by atoms with van der Waals surface area (Å²) in [7, 11) is 0. The third kappa shape index (κ3) is 6.66. The van der Waals surface area contributed by atoms with E-state index in [9.17, 15) is 0 Å². The summed E-state index contributed by atoms with van der Waals surface area (Å²) >= 11 is 14.1. The van der Waals surface area contributed by atoms with Crippen LogP contribution >= 0.6 is 39.1 Å². The monoisotopic (exact) mass is 242 g/mol. The van der Waals surface area contributed by atoms with Crippen molar-refractivity contribution in [3.8, 4) is 0 Å². The molecule has 0 N–H and O–H groups in total. The molecular formula is C7H9BrCl2. The van der Waals surface area contributed by atoms with Gasteiger partial charge in [-0.15, -0.1) is 0 Å². The van der Waals surface area contributed by atoms with Gasteiger partial charge in [0, 0.05) is 5.33 Å². The largest absolute Gasteiger partial charge is 0.103 e. The van der Waals surface area contributed by atoms with Gasteiger partial charge in [-0.2, -0.15) is 0 Å². The van der Waals surface area contributed by atoms with Crippen molar-refractivity contribution in [3.05, 3.63) is 22.2 Å². The summed E-state index contributed by atoms with van der Waals surface area (Å²) in [5, 5.41) is 0.882. The summed E-state index contributed by atoms with van der Waals surface area (Å²) in [6.07, 6.45) is 4.68. The number of allylic oxidation sites excluding steroid dienone is 3. The van der Waals surface area contributed by atoms with Crippen molar-refractivity contribution < 1.29 is 0 Å². The number of hydrogen-bond donors (Lipinski definition) is 0. The SMILES string of the molecule is CC(=CCBr)CC=C(Cl)Cl. The van der Waals surface area contributed by atoms with Crippen molar-refractivity contribution in [2.45, 2.75) is 13.3 Å². The first-order valence-corrected chi connectivity index (χ1v) is 4.77. The highest BCUT2D eigenvalue weighted by molar-refractivity contribution is 9.09. The maximum Gasteiger partial charge on any atom is 0.103 e. The second-order valence-corrected chi connectivity index (χ2v) is 3.56. The molecule has 0 aliphatic heterocycles. The summed E-state index contributed by atoms with van der Waals surface area (Å²) in [6.45, 7) is 2.04. The zero-order valence-corrected chi connectivity index (χ0v) is 8.80. The van der Waals surface area contributed by atoms with Crippen LogP contribution in [0.15, 0.2) is 22.2 Å². The molecule has 3 heteroatoms. The molecule has 0 aromatic carbocycles. The van der Waals surface area contributed by atoms with Crippen molar-refractivity contribution in [2.24, 2.45) is 0 Å². The molecule has 0 rings (SSSR count). The van der Waals surface area contributed by atoms with Crippen LogP contribution in [0.5, 0.6) is 0 Å². The Hall–Kier alpha value is 0.540. The van der Waals surface area contributed by atoms with E-state index in [1.54, 1.807) is 6.08 Å². The molecule has 0 bridgehead atoms. The molecule has 10 heavy (non-hydrogen) atoms. The van der Waals surface area contributed by atoms with Gasteiger partial charge in [0.25, 0.3) is 0 Å². The van der Waals surface area contributed by atoms with E-state index in [1.807, 2.05) is 6.92 Å². The number of hydrogen-bond acceptors (Lipinski definition) is 0. The highest BCUT2D eigenvalue weighted by atomic mass is 79.9. The van der Waals surface area contributed by atoms with E-state index in [0.29, 0.717) is 4.49 Å². The third-order valence-corrected chi connectivity index (χ3v) is 1.64. The van der Waals surface area contributed by atoms with Gasteiger partial charge < -0.3 is 0 Å². The summed E-state index contributed by atoms with van der Waals surface area (Å²) in [5.41, 5.74) is 1.26. The Labute approximate surface area is 80.0 Å². The van der Waals surface area contributed by atoms with Gasteiger partial charge in [-0.3, -0.25) is 0 Å². The van der Waals surface area contributed by atoms with Gasteiger partial charge in [-0.25, -0.2) is 0 Å². The van der Waals surface area contributed by atoms with Crippen LogP contribution in [-0.4, -0.2) is 5.33 Å². The maximum absolute atomic E-state index is 5.41. The first-order chi connectivity index (χ1) is 4.66. The van der Waals surface area contributed by atoms with Crippen molar-refractivity contribution in [3.63, 3.8) is 0 Å². The fourth-order valence-electron chi connectivity index (χ4n) is 0.453. The molecule has 0 radical (unpaired) electrons. The van der Waals surface area contributed by atoms with Gasteiger partial charge in [0.05, 0.1) is 0 Å². The summed E-state index contributed by atoms with van der Waals surface area (Å²) in [6, 6.07) is 0. The second-order valence-electron chi connectivity index (χ2n) is 1.90. The smallest absolute Gasteiger partial charge is 0.0883 e. The molecule has 0 saturated heterocycles. The predicted octanol–water partition coefficient (Wildman–Crippen LogP) is 4.04. The lowest BCUT2D eigenvalue weighted by Gasteiger charge is -1.92. The molecule has 0 spiro atoms. The molecule has 0 aromatic rings. The summed E-state index contributed by atoms with van der Waals surface area (Å²) in [4.78, 5) is 0. The van der Waals surface area contributed by atoms with Crippen LogP contribution in [0.4, 0.5) is 0 Å². The van der Waals surface area contributed by atoms with Gasteiger partial charge in [0.15, 0.2) is 0 Å². The first kappa shape index (κ1) is 10.5. The third-order valence-electron chi connectivity index (χ3n) is 1.00. The van der Waals surface area contributed by atoms with E-state index >= 15 is 0 Å². The summed E-state index contributed by atoms with van der Waals surface area (Å²) < 4.78 is 0.335. The number of rotatable bonds is 3. The van der Waals surface area contributed by atoms with Gasteiger partial charge in [0.2, 0.25) is 0 Å². The van der Waals surface area contributed by atoms with E-state index in [1.165, 1.54) is 5.57 Å². The average molecular weight is 244 g/mol. The van der Waals surface area contributed by atoms with Crippen LogP contribution in [0.25, 0.3) is 0 Å². The average Bonchev–Trinajstić information content (AvgIpc) is 1.85. The van der Waals surface area contributed by atoms with E-state index in [2.05, 4.69) is 22.0 Å². The number of halogens is 3. The second kappa shape index (κ2) is 6.26. The highest BCUT2D eigenvalue weighted by Gasteiger charge is 1.86. The minimum Gasteiger partial charge on any atom is -0.0883 e. The molecule has 0 heterocycles. The molecule has 0 fully saturated rings. The maximum atomic E-state index is 5.41. The Kier molecular flexibility index (Phi) is 6.60. The fraction of sp³-hybridized carbons (Fsp3) is 0.429. The highest BCUT2D eigenvalue weighted by Crippen LogP contribution is 2.11. The van der Waals surface area contributed by atoms with Crippen LogP contribution in [0.1, 0.15) is 13.3 Å². The molecule has 0 aromatic heterocycles. The van der Waals surface area contributed by atoms with Crippen molar-refractivity contribution in [1.29, 1.82) is 0 Å². The lowest BCUT2D eigenvalue weighted by molar-refractivity contribution is 1.20. The Morgan fingerprint density at radius 3 is 2.40 bits per heavy atom. The minimum atomic E-state index is 0.335. The molecule has 0 nitrogen and oxygen atoms in total. The van der Waals surface area contributed by atoms with E-state index < -0.39 is 0 Å². The lowest BCUT2D eigenvalue weighted by Crippen LogP contribution is -1.73. The summed E-state index contributed by atoms with van der Waals surface area (Å²) in [5.74, 6) is 0. The molecule has 0 aliphatic carbocycles. The first-order valence-electron chi connectivity index (χ1n) is 2.89. The van der Waals surface area contributed by atoms with Crippen molar-refractivity contribution in [1.82, 2.24) is 0 Å². The Morgan fingerprint density at radius 1 is 1.40 bits per heavy atom. The number of alkyl halides is 1.